The van der Waals surface area contributed by atoms with Crippen molar-refractivity contribution in [2.75, 3.05) is 0 Å². The Kier molecular flexibility index (Phi) is 1.70. The van der Waals surface area contributed by atoms with Crippen LogP contribution in [0, 0.1) is 6.92 Å². The van der Waals surface area contributed by atoms with Gasteiger partial charge in [-0.3, -0.25) is 0 Å². The summed E-state index contributed by atoms with van der Waals surface area (Å²) >= 11 is 0. The van der Waals surface area contributed by atoms with Crippen LogP contribution in [0.3, 0.4) is 0 Å². The Balaban J connectivity index is 2.86. The van der Waals surface area contributed by atoms with Crippen molar-refractivity contribution in [2.24, 2.45) is 0 Å². The van der Waals surface area contributed by atoms with Crippen molar-refractivity contribution >= 4 is 11.5 Å². The number of hydrogen-bond acceptors (Lipinski definition) is 2. The van der Waals surface area contributed by atoms with E-state index < -0.39 is 5.97 Å². The first-order valence-corrected chi connectivity index (χ1v) is 4.13. The number of aromatic carboxylic acids is 1. The van der Waals surface area contributed by atoms with Crippen LogP contribution < -0.4 is 0 Å². The fraction of sp³-hybridized carbons (Fsp3) is 0.100. The zero-order chi connectivity index (χ0) is 10.3. The molecule has 2 N–H and O–H groups in total. The van der Waals surface area contributed by atoms with Gasteiger partial charge < -0.3 is 14.6 Å². The van der Waals surface area contributed by atoms with Gasteiger partial charge in [-0.25, -0.2) is 4.79 Å². The Hall–Kier alpha value is -1.97. The fourth-order valence-electron chi connectivity index (χ4n) is 1.56. The molecule has 0 aliphatic rings. The number of fused-ring (bicyclic) bond motifs is 1. The summed E-state index contributed by atoms with van der Waals surface area (Å²) in [6, 6.07) is 4.97. The maximum Gasteiger partial charge on any atom is 0.353 e. The van der Waals surface area contributed by atoms with Gasteiger partial charge in [-0.2, -0.15) is 0 Å². The molecule has 14 heavy (non-hydrogen) atoms. The van der Waals surface area contributed by atoms with Gasteiger partial charge in [0, 0.05) is 5.52 Å². The SMILES string of the molecule is Cc1cc2ccc(O)cn2c1C(=O)O. The van der Waals surface area contributed by atoms with Crippen LogP contribution in [0.1, 0.15) is 16.1 Å². The number of nitrogens with zero attached hydrogens (tertiary/aromatic N) is 1. The highest BCUT2D eigenvalue weighted by molar-refractivity contribution is 5.89. The summed E-state index contributed by atoms with van der Waals surface area (Å²) in [5.74, 6) is -0.941. The minimum atomic E-state index is -0.992. The number of carboxylic acid groups (broad SMARTS) is 1. The molecule has 0 radical (unpaired) electrons. The van der Waals surface area contributed by atoms with E-state index in [0.717, 1.165) is 5.52 Å². The molecule has 0 saturated carbocycles. The summed E-state index contributed by atoms with van der Waals surface area (Å²) in [4.78, 5) is 10.9. The maximum absolute atomic E-state index is 10.9. The Morgan fingerprint density at radius 1 is 1.43 bits per heavy atom. The van der Waals surface area contributed by atoms with Gasteiger partial charge in [0.2, 0.25) is 0 Å². The van der Waals surface area contributed by atoms with Crippen molar-refractivity contribution in [3.8, 4) is 5.75 Å². The van der Waals surface area contributed by atoms with E-state index in [0.29, 0.717) is 5.56 Å². The molecule has 0 aromatic carbocycles. The highest BCUT2D eigenvalue weighted by Gasteiger charge is 2.13. The summed E-state index contributed by atoms with van der Waals surface area (Å²) in [5, 5.41) is 18.2. The highest BCUT2D eigenvalue weighted by atomic mass is 16.4. The molecule has 2 heterocycles. The average Bonchev–Trinajstić information content (AvgIpc) is 2.40. The topological polar surface area (TPSA) is 61.9 Å². The van der Waals surface area contributed by atoms with Crippen molar-refractivity contribution in [2.45, 2.75) is 6.92 Å². The Labute approximate surface area is 80.0 Å². The summed E-state index contributed by atoms with van der Waals surface area (Å²) in [5.41, 5.74) is 1.64. The molecule has 0 atom stereocenters. The van der Waals surface area contributed by atoms with E-state index in [9.17, 15) is 9.90 Å². The van der Waals surface area contributed by atoms with Gasteiger partial charge in [0.25, 0.3) is 0 Å². The van der Waals surface area contributed by atoms with E-state index in [1.807, 2.05) is 0 Å². The van der Waals surface area contributed by atoms with Crippen LogP contribution >= 0.6 is 0 Å². The van der Waals surface area contributed by atoms with Gasteiger partial charge in [-0.05, 0) is 30.7 Å². The number of aromatic nitrogens is 1. The number of carbonyl (C=O) groups is 1. The van der Waals surface area contributed by atoms with Crippen LogP contribution in [-0.4, -0.2) is 20.6 Å². The third-order valence-electron chi connectivity index (χ3n) is 2.15. The molecule has 0 aliphatic heterocycles. The van der Waals surface area contributed by atoms with E-state index in [-0.39, 0.29) is 11.4 Å². The highest BCUT2D eigenvalue weighted by Crippen LogP contribution is 2.19. The first-order chi connectivity index (χ1) is 6.59. The lowest BCUT2D eigenvalue weighted by Gasteiger charge is -1.99. The average molecular weight is 191 g/mol. The van der Waals surface area contributed by atoms with Crippen molar-refractivity contribution in [1.29, 1.82) is 0 Å². The number of pyridine rings is 1. The number of aromatic hydroxyl groups is 1. The molecular formula is C10H9NO3. The van der Waals surface area contributed by atoms with E-state index >= 15 is 0 Å². The Morgan fingerprint density at radius 2 is 2.14 bits per heavy atom. The third-order valence-corrected chi connectivity index (χ3v) is 2.15. The molecule has 2 aromatic rings. The lowest BCUT2D eigenvalue weighted by Crippen LogP contribution is -2.02. The molecule has 0 amide bonds. The van der Waals surface area contributed by atoms with Crippen molar-refractivity contribution in [3.63, 3.8) is 0 Å². The van der Waals surface area contributed by atoms with Crippen LogP contribution in [0.2, 0.25) is 0 Å². The van der Waals surface area contributed by atoms with E-state index in [4.69, 9.17) is 5.11 Å². The fourth-order valence-corrected chi connectivity index (χ4v) is 1.56. The normalized spacial score (nSPS) is 10.6. The van der Waals surface area contributed by atoms with Gasteiger partial charge in [-0.15, -0.1) is 0 Å². The van der Waals surface area contributed by atoms with Gasteiger partial charge in [0.15, 0.2) is 0 Å². The summed E-state index contributed by atoms with van der Waals surface area (Å²) in [6.45, 7) is 1.73. The first-order valence-electron chi connectivity index (χ1n) is 4.13. The summed E-state index contributed by atoms with van der Waals surface area (Å²) < 4.78 is 1.47. The first kappa shape index (κ1) is 8.62. The molecule has 4 heteroatoms. The van der Waals surface area contributed by atoms with Gasteiger partial charge in [-0.1, -0.05) is 0 Å². The van der Waals surface area contributed by atoms with Crippen LogP contribution in [0.5, 0.6) is 5.75 Å². The lowest BCUT2D eigenvalue weighted by molar-refractivity contribution is 0.0688. The van der Waals surface area contributed by atoms with E-state index in [1.54, 1.807) is 19.1 Å². The second kappa shape index (κ2) is 2.77. The largest absolute Gasteiger partial charge is 0.506 e. The quantitative estimate of drug-likeness (QED) is 0.720. The molecule has 0 fully saturated rings. The molecule has 0 spiro atoms. The lowest BCUT2D eigenvalue weighted by atomic mass is 10.3. The number of rotatable bonds is 1. The number of hydrogen-bond donors (Lipinski definition) is 2. The Bertz CT molecular complexity index is 513. The Morgan fingerprint density at radius 3 is 2.79 bits per heavy atom. The van der Waals surface area contributed by atoms with Crippen LogP contribution in [0.4, 0.5) is 0 Å². The van der Waals surface area contributed by atoms with Crippen LogP contribution in [0.25, 0.3) is 5.52 Å². The zero-order valence-electron chi connectivity index (χ0n) is 7.56. The molecule has 0 saturated heterocycles. The molecule has 0 bridgehead atoms. The molecule has 0 unspecified atom stereocenters. The van der Waals surface area contributed by atoms with E-state index in [2.05, 4.69) is 0 Å². The molecular weight excluding hydrogens is 182 g/mol. The predicted molar refractivity (Wildman–Crippen MR) is 50.8 cm³/mol. The monoisotopic (exact) mass is 191 g/mol. The van der Waals surface area contributed by atoms with Crippen molar-refractivity contribution in [3.05, 3.63) is 35.7 Å². The van der Waals surface area contributed by atoms with Crippen molar-refractivity contribution in [1.82, 2.24) is 4.40 Å². The molecule has 2 rings (SSSR count). The van der Waals surface area contributed by atoms with Crippen LogP contribution in [0.15, 0.2) is 24.4 Å². The zero-order valence-corrected chi connectivity index (χ0v) is 7.56. The molecule has 4 nitrogen and oxygen atoms in total. The smallest absolute Gasteiger partial charge is 0.353 e. The number of carboxylic acids is 1. The second-order valence-corrected chi connectivity index (χ2v) is 3.16. The van der Waals surface area contributed by atoms with Gasteiger partial charge >= 0.3 is 5.97 Å². The predicted octanol–water partition coefficient (Wildman–Crippen LogP) is 1.65. The van der Waals surface area contributed by atoms with Gasteiger partial charge in [0.1, 0.15) is 11.4 Å². The summed E-state index contributed by atoms with van der Waals surface area (Å²) in [6.07, 6.45) is 1.39. The summed E-state index contributed by atoms with van der Waals surface area (Å²) in [7, 11) is 0. The molecule has 72 valence electrons. The molecule has 2 aromatic heterocycles. The third kappa shape index (κ3) is 1.12. The molecule has 0 aliphatic carbocycles. The minimum absolute atomic E-state index is 0.0515. The van der Waals surface area contributed by atoms with Gasteiger partial charge in [0.05, 0.1) is 6.20 Å². The maximum atomic E-state index is 10.9. The van der Waals surface area contributed by atoms with E-state index in [1.165, 1.54) is 16.7 Å². The van der Waals surface area contributed by atoms with Crippen molar-refractivity contribution < 1.29 is 15.0 Å². The second-order valence-electron chi connectivity index (χ2n) is 3.16. The van der Waals surface area contributed by atoms with Crippen LogP contribution in [-0.2, 0) is 0 Å². The number of aryl methyl sites for hydroxylation is 1. The minimum Gasteiger partial charge on any atom is -0.506 e. The standard InChI is InChI=1S/C10H9NO3/c1-6-4-7-2-3-8(12)5-11(7)9(6)10(13)14/h2-5,12H,1H3,(H,13,14).